The van der Waals surface area contributed by atoms with Crippen LogP contribution in [-0.2, 0) is 14.4 Å². The lowest BCUT2D eigenvalue weighted by Crippen LogP contribution is -2.29. The van der Waals surface area contributed by atoms with Gasteiger partial charge in [-0.2, -0.15) is 0 Å². The minimum atomic E-state index is -1.18. The van der Waals surface area contributed by atoms with Crippen LogP contribution < -0.4 is 5.32 Å². The van der Waals surface area contributed by atoms with Gasteiger partial charge in [-0.3, -0.25) is 9.78 Å². The summed E-state index contributed by atoms with van der Waals surface area (Å²) in [6.45, 7) is 1.83. The van der Waals surface area contributed by atoms with Crippen LogP contribution in [0.4, 0.5) is 5.69 Å². The number of carbonyl (C=O) groups excluding carboxylic acids is 1. The Kier molecular flexibility index (Phi) is 3.22. The van der Waals surface area contributed by atoms with Crippen molar-refractivity contribution in [3.8, 4) is 0 Å². The van der Waals surface area contributed by atoms with Crippen LogP contribution in [0.2, 0.25) is 0 Å². The Labute approximate surface area is 102 Å². The van der Waals surface area contributed by atoms with Crippen molar-refractivity contribution in [2.75, 3.05) is 5.32 Å². The largest absolute Gasteiger partial charge is 0.477 e. The summed E-state index contributed by atoms with van der Waals surface area (Å²) < 4.78 is 0. The zero-order valence-corrected chi connectivity index (χ0v) is 9.58. The smallest absolute Gasteiger partial charge is 0.353 e. The minimum Gasteiger partial charge on any atom is -0.477 e. The molecule has 18 heavy (non-hydrogen) atoms. The summed E-state index contributed by atoms with van der Waals surface area (Å²) in [6, 6.07) is 1.75. The second-order valence-electron chi connectivity index (χ2n) is 3.82. The number of oxime groups is 1. The number of nitrogens with one attached hydrogen (secondary N) is 1. The molecule has 0 fully saturated rings. The first-order valence-electron chi connectivity index (χ1n) is 5.25. The lowest BCUT2D eigenvalue weighted by atomic mass is 10.1. The third kappa shape index (κ3) is 2.45. The number of hydrogen-bond acceptors (Lipinski definition) is 5. The highest BCUT2D eigenvalue weighted by Gasteiger charge is 2.31. The van der Waals surface area contributed by atoms with Crippen molar-refractivity contribution >= 4 is 23.3 Å². The molecule has 7 nitrogen and oxygen atoms in total. The molecule has 1 atom stereocenters. The Hall–Kier alpha value is -2.44. The molecule has 0 aliphatic carbocycles. The maximum atomic E-state index is 11.8. The van der Waals surface area contributed by atoms with Crippen LogP contribution in [0.3, 0.4) is 0 Å². The van der Waals surface area contributed by atoms with Gasteiger partial charge in [0.1, 0.15) is 0 Å². The van der Waals surface area contributed by atoms with Crippen LogP contribution in [0.25, 0.3) is 0 Å². The van der Waals surface area contributed by atoms with Gasteiger partial charge in [0, 0.05) is 12.6 Å². The predicted octanol–water partition coefficient (Wildman–Crippen LogP) is 0.558. The van der Waals surface area contributed by atoms with E-state index in [4.69, 9.17) is 9.94 Å². The van der Waals surface area contributed by atoms with E-state index in [0.717, 1.165) is 5.56 Å². The maximum absolute atomic E-state index is 11.8. The molecule has 1 aromatic heterocycles. The number of rotatable bonds is 3. The minimum absolute atomic E-state index is 0.0412. The van der Waals surface area contributed by atoms with Gasteiger partial charge in [0.05, 0.1) is 11.9 Å². The quantitative estimate of drug-likeness (QED) is 0.815. The van der Waals surface area contributed by atoms with Gasteiger partial charge in [0.25, 0.3) is 5.91 Å². The third-order valence-electron chi connectivity index (χ3n) is 2.51. The normalized spacial score (nSPS) is 17.8. The van der Waals surface area contributed by atoms with Crippen molar-refractivity contribution in [3.05, 3.63) is 24.0 Å². The van der Waals surface area contributed by atoms with E-state index in [1.54, 1.807) is 12.3 Å². The Morgan fingerprint density at radius 1 is 1.56 bits per heavy atom. The van der Waals surface area contributed by atoms with E-state index in [9.17, 15) is 9.59 Å². The molecule has 7 heteroatoms. The molecule has 0 aromatic carbocycles. The number of carbonyl (C=O) groups is 2. The van der Waals surface area contributed by atoms with Crippen LogP contribution in [0, 0.1) is 6.92 Å². The number of aromatic nitrogens is 1. The number of aliphatic carboxylic acids is 1. The molecule has 2 heterocycles. The number of carboxylic acid groups (broad SMARTS) is 1. The number of amides is 1. The number of carboxylic acids is 1. The van der Waals surface area contributed by atoms with Gasteiger partial charge in [0.15, 0.2) is 5.71 Å². The first kappa shape index (κ1) is 12.0. The summed E-state index contributed by atoms with van der Waals surface area (Å²) >= 11 is 0. The highest BCUT2D eigenvalue weighted by atomic mass is 16.6. The van der Waals surface area contributed by atoms with Crippen molar-refractivity contribution in [1.82, 2.24) is 4.98 Å². The molecule has 2 N–H and O–H groups in total. The van der Waals surface area contributed by atoms with E-state index in [2.05, 4.69) is 15.5 Å². The number of aryl methyl sites for hydroxylation is 1. The molecule has 2 rings (SSSR count). The fourth-order valence-electron chi connectivity index (χ4n) is 1.45. The SMILES string of the molecule is Cc1ccncc1NC(=O)C1CC(C(=O)O)=NO1. The van der Waals surface area contributed by atoms with E-state index >= 15 is 0 Å². The van der Waals surface area contributed by atoms with E-state index < -0.39 is 18.0 Å². The van der Waals surface area contributed by atoms with Crippen LogP contribution in [0.1, 0.15) is 12.0 Å². The Balaban J connectivity index is 1.99. The molecule has 1 aromatic rings. The Bertz CT molecular complexity index is 527. The molecule has 0 bridgehead atoms. The van der Waals surface area contributed by atoms with Crippen LogP contribution in [0.5, 0.6) is 0 Å². The molecule has 1 unspecified atom stereocenters. The first-order chi connectivity index (χ1) is 8.58. The molecule has 0 saturated carbocycles. The zero-order chi connectivity index (χ0) is 13.1. The number of nitrogens with zero attached hydrogens (tertiary/aromatic N) is 2. The summed E-state index contributed by atoms with van der Waals surface area (Å²) in [6.07, 6.45) is 2.18. The maximum Gasteiger partial charge on any atom is 0.353 e. The number of pyridine rings is 1. The predicted molar refractivity (Wildman–Crippen MR) is 62.2 cm³/mol. The van der Waals surface area contributed by atoms with Gasteiger partial charge in [0.2, 0.25) is 6.10 Å². The summed E-state index contributed by atoms with van der Waals surface area (Å²) in [4.78, 5) is 31.1. The molecular formula is C11H11N3O4. The molecule has 0 spiro atoms. The molecule has 0 saturated heterocycles. The lowest BCUT2D eigenvalue weighted by Gasteiger charge is -2.10. The van der Waals surface area contributed by atoms with Crippen molar-refractivity contribution in [1.29, 1.82) is 0 Å². The van der Waals surface area contributed by atoms with Gasteiger partial charge < -0.3 is 15.3 Å². The van der Waals surface area contributed by atoms with E-state index in [0.29, 0.717) is 5.69 Å². The lowest BCUT2D eigenvalue weighted by molar-refractivity contribution is -0.129. The first-order valence-corrected chi connectivity index (χ1v) is 5.25. The zero-order valence-electron chi connectivity index (χ0n) is 9.58. The summed E-state index contributed by atoms with van der Waals surface area (Å²) in [5.41, 5.74) is 1.27. The van der Waals surface area contributed by atoms with Crippen LogP contribution in [-0.4, -0.2) is 33.8 Å². The van der Waals surface area contributed by atoms with Crippen molar-refractivity contribution in [3.63, 3.8) is 0 Å². The van der Waals surface area contributed by atoms with E-state index in [1.165, 1.54) is 6.20 Å². The fourth-order valence-corrected chi connectivity index (χ4v) is 1.45. The van der Waals surface area contributed by atoms with Crippen molar-refractivity contribution in [2.45, 2.75) is 19.4 Å². The summed E-state index contributed by atoms with van der Waals surface area (Å²) in [5.74, 6) is -1.62. The molecule has 94 valence electrons. The average Bonchev–Trinajstić information content (AvgIpc) is 2.81. The molecular weight excluding hydrogens is 238 g/mol. The molecule has 0 radical (unpaired) electrons. The van der Waals surface area contributed by atoms with Gasteiger partial charge >= 0.3 is 5.97 Å². The van der Waals surface area contributed by atoms with Gasteiger partial charge in [-0.1, -0.05) is 5.16 Å². The molecule has 1 aliphatic heterocycles. The van der Waals surface area contributed by atoms with Crippen molar-refractivity contribution < 1.29 is 19.5 Å². The standard InChI is InChI=1S/C11H11N3O4/c1-6-2-3-12-5-8(6)13-10(15)9-4-7(11(16)17)14-18-9/h2-3,5,9H,4H2,1H3,(H,13,15)(H,16,17). The molecule has 1 amide bonds. The Morgan fingerprint density at radius 3 is 2.94 bits per heavy atom. The number of hydrogen-bond donors (Lipinski definition) is 2. The summed E-state index contributed by atoms with van der Waals surface area (Å²) in [5, 5.41) is 14.7. The van der Waals surface area contributed by atoms with E-state index in [1.807, 2.05) is 6.92 Å². The average molecular weight is 249 g/mol. The molecule has 1 aliphatic rings. The topological polar surface area (TPSA) is 101 Å². The van der Waals surface area contributed by atoms with Gasteiger partial charge in [-0.25, -0.2) is 4.79 Å². The van der Waals surface area contributed by atoms with Gasteiger partial charge in [-0.15, -0.1) is 0 Å². The fraction of sp³-hybridized carbons (Fsp3) is 0.273. The van der Waals surface area contributed by atoms with Gasteiger partial charge in [-0.05, 0) is 18.6 Å². The second-order valence-corrected chi connectivity index (χ2v) is 3.82. The Morgan fingerprint density at radius 2 is 2.33 bits per heavy atom. The third-order valence-corrected chi connectivity index (χ3v) is 2.51. The monoisotopic (exact) mass is 249 g/mol. The van der Waals surface area contributed by atoms with Crippen LogP contribution in [0.15, 0.2) is 23.6 Å². The van der Waals surface area contributed by atoms with E-state index in [-0.39, 0.29) is 12.1 Å². The van der Waals surface area contributed by atoms with Crippen LogP contribution >= 0.6 is 0 Å². The highest BCUT2D eigenvalue weighted by molar-refractivity contribution is 6.36. The number of anilines is 1. The second kappa shape index (κ2) is 4.82. The van der Waals surface area contributed by atoms with Crippen molar-refractivity contribution in [2.24, 2.45) is 5.16 Å². The summed E-state index contributed by atoms with van der Waals surface area (Å²) in [7, 11) is 0. The highest BCUT2D eigenvalue weighted by Crippen LogP contribution is 2.16.